The van der Waals surface area contributed by atoms with Crippen LogP contribution in [0.3, 0.4) is 0 Å². The van der Waals surface area contributed by atoms with Gasteiger partial charge in [-0.15, -0.1) is 11.5 Å². The van der Waals surface area contributed by atoms with Crippen molar-refractivity contribution in [3.8, 4) is 12.3 Å². The van der Waals surface area contributed by atoms with E-state index in [0.29, 0.717) is 123 Å². The standard InChI is InChI=1S/C32H53N13O5/c1-4-16-47-20-22-50-23-21-48-17-9-36-30-37-31(39-32(38-30)44-14-18-49-19-15-44)43-12-10-42(11-13-43)28(46)27(25(3)5-2)45-24-26(40-41-45)7-6-8-35-29(33)34/h1,24-25,27H,5-23H2,2-3H3,(H4,33,34,35)(H,36,37,38,39)/p+1/t25-,27-/m0/s1. The molecule has 2 aromatic rings. The third-order valence-electron chi connectivity index (χ3n) is 8.46. The van der Waals surface area contributed by atoms with Gasteiger partial charge in [0.2, 0.25) is 23.8 Å². The van der Waals surface area contributed by atoms with Gasteiger partial charge in [0.1, 0.15) is 12.6 Å². The molecule has 0 bridgehead atoms. The third-order valence-corrected chi connectivity index (χ3v) is 8.46. The highest BCUT2D eigenvalue weighted by molar-refractivity contribution is 5.81. The number of carbonyl (C=O) groups is 1. The van der Waals surface area contributed by atoms with Gasteiger partial charge in [-0.2, -0.15) is 15.0 Å². The second-order valence-electron chi connectivity index (χ2n) is 12.1. The molecule has 2 aliphatic rings. The van der Waals surface area contributed by atoms with Gasteiger partial charge in [0, 0.05) is 52.0 Å². The summed E-state index contributed by atoms with van der Waals surface area (Å²) in [5.41, 5.74) is 11.8. The number of nitrogens with one attached hydrogen (secondary N) is 2. The zero-order valence-electron chi connectivity index (χ0n) is 29.5. The molecule has 18 heteroatoms. The SMILES string of the molecule is C#CCOCCOCCOCCNc1nc(N2CCOCC2)nc(N2CCN(C(=O)[C@H]([C@@H](C)CC)n3cc(CCC[NH+]=C(N)N)nn3)CC2)n1. The van der Waals surface area contributed by atoms with E-state index in [9.17, 15) is 4.79 Å². The molecule has 276 valence electrons. The average molecular weight is 701 g/mol. The summed E-state index contributed by atoms with van der Waals surface area (Å²) in [6.07, 6.45) is 9.35. The number of rotatable bonds is 21. The number of guanidine groups is 1. The molecule has 0 aromatic carbocycles. The first-order valence-corrected chi connectivity index (χ1v) is 17.4. The van der Waals surface area contributed by atoms with Crippen LogP contribution in [0.4, 0.5) is 17.8 Å². The molecule has 4 rings (SSSR count). The number of carbonyl (C=O) groups excluding carboxylic acids is 1. The van der Waals surface area contributed by atoms with Crippen molar-refractivity contribution in [2.45, 2.75) is 39.2 Å². The van der Waals surface area contributed by atoms with Crippen LogP contribution < -0.4 is 31.6 Å². The molecule has 2 aromatic heterocycles. The van der Waals surface area contributed by atoms with Gasteiger partial charge in [0.05, 0.1) is 58.5 Å². The van der Waals surface area contributed by atoms with Crippen molar-refractivity contribution in [2.24, 2.45) is 17.4 Å². The van der Waals surface area contributed by atoms with Crippen molar-refractivity contribution >= 4 is 29.7 Å². The molecule has 6 N–H and O–H groups in total. The second kappa shape index (κ2) is 21.0. The van der Waals surface area contributed by atoms with Gasteiger partial charge in [-0.25, -0.2) is 4.68 Å². The first-order chi connectivity index (χ1) is 24.4. The van der Waals surface area contributed by atoms with Crippen LogP contribution in [0.1, 0.15) is 38.4 Å². The van der Waals surface area contributed by atoms with Gasteiger partial charge in [-0.3, -0.25) is 21.3 Å². The number of ether oxygens (including phenoxy) is 4. The van der Waals surface area contributed by atoms with Crippen molar-refractivity contribution in [1.29, 1.82) is 0 Å². The Morgan fingerprint density at radius 2 is 1.66 bits per heavy atom. The van der Waals surface area contributed by atoms with Crippen molar-refractivity contribution in [1.82, 2.24) is 34.8 Å². The molecule has 18 nitrogen and oxygen atoms in total. The lowest BCUT2D eigenvalue weighted by Gasteiger charge is -2.37. The average Bonchev–Trinajstić information content (AvgIpc) is 3.60. The van der Waals surface area contributed by atoms with Crippen LogP contribution in [0.2, 0.25) is 0 Å². The molecule has 50 heavy (non-hydrogen) atoms. The summed E-state index contributed by atoms with van der Waals surface area (Å²) in [7, 11) is 0. The van der Waals surface area contributed by atoms with E-state index in [0.717, 1.165) is 18.5 Å². The number of nitrogens with two attached hydrogens (primary N) is 2. The molecule has 0 spiro atoms. The van der Waals surface area contributed by atoms with E-state index in [2.05, 4.69) is 50.2 Å². The molecule has 0 unspecified atom stereocenters. The van der Waals surface area contributed by atoms with Crippen molar-refractivity contribution in [3.63, 3.8) is 0 Å². The second-order valence-corrected chi connectivity index (χ2v) is 12.1. The predicted molar refractivity (Wildman–Crippen MR) is 187 cm³/mol. The third kappa shape index (κ3) is 12.2. The summed E-state index contributed by atoms with van der Waals surface area (Å²) >= 11 is 0. The Bertz CT molecular complexity index is 1370. The molecule has 4 heterocycles. The van der Waals surface area contributed by atoms with Crippen LogP contribution in [0.15, 0.2) is 6.20 Å². The summed E-state index contributed by atoms with van der Waals surface area (Å²) in [6, 6.07) is -0.443. The summed E-state index contributed by atoms with van der Waals surface area (Å²) in [5, 5.41) is 12.0. The van der Waals surface area contributed by atoms with E-state index in [1.165, 1.54) is 0 Å². The number of hydrogen-bond acceptors (Lipinski definition) is 13. The summed E-state index contributed by atoms with van der Waals surface area (Å²) in [4.78, 5) is 37.3. The zero-order valence-corrected chi connectivity index (χ0v) is 29.5. The molecule has 0 saturated carbocycles. The minimum Gasteiger partial charge on any atom is -0.378 e. The molecule has 2 aliphatic heterocycles. The van der Waals surface area contributed by atoms with Crippen molar-refractivity contribution in [2.75, 3.05) is 120 Å². The van der Waals surface area contributed by atoms with Crippen molar-refractivity contribution in [3.05, 3.63) is 11.9 Å². The zero-order chi connectivity index (χ0) is 35.6. The maximum absolute atomic E-state index is 14.0. The first kappa shape index (κ1) is 38.5. The Hall–Kier alpha value is -4.31. The van der Waals surface area contributed by atoms with E-state index < -0.39 is 6.04 Å². The number of anilines is 3. The monoisotopic (exact) mass is 700 g/mol. The number of aryl methyl sites for hydroxylation is 1. The Morgan fingerprint density at radius 1 is 1.00 bits per heavy atom. The number of amides is 1. The van der Waals surface area contributed by atoms with Gasteiger partial charge in [-0.1, -0.05) is 31.4 Å². The highest BCUT2D eigenvalue weighted by atomic mass is 16.5. The number of piperazine rings is 1. The molecule has 0 radical (unpaired) electrons. The predicted octanol–water partition coefficient (Wildman–Crippen LogP) is -2.38. The highest BCUT2D eigenvalue weighted by Gasteiger charge is 2.33. The van der Waals surface area contributed by atoms with Crippen LogP contribution in [0, 0.1) is 18.3 Å². The Labute approximate surface area is 294 Å². The molecule has 0 aliphatic carbocycles. The first-order valence-electron chi connectivity index (χ1n) is 17.4. The largest absolute Gasteiger partial charge is 0.378 e. The number of terminal acetylenes is 1. The van der Waals surface area contributed by atoms with Gasteiger partial charge in [0.25, 0.3) is 0 Å². The number of morpholine rings is 1. The van der Waals surface area contributed by atoms with Crippen LogP contribution >= 0.6 is 0 Å². The van der Waals surface area contributed by atoms with Gasteiger partial charge < -0.3 is 39.0 Å². The maximum atomic E-state index is 14.0. The molecular weight excluding hydrogens is 646 g/mol. The molecule has 2 fully saturated rings. The fourth-order valence-electron chi connectivity index (χ4n) is 5.51. The summed E-state index contributed by atoms with van der Waals surface area (Å²) in [6.45, 7) is 12.7. The maximum Gasteiger partial charge on any atom is 0.338 e. The van der Waals surface area contributed by atoms with Crippen LogP contribution in [0.5, 0.6) is 0 Å². The van der Waals surface area contributed by atoms with E-state index in [-0.39, 0.29) is 24.4 Å². The van der Waals surface area contributed by atoms with E-state index in [1.807, 2.05) is 11.1 Å². The van der Waals surface area contributed by atoms with Crippen LogP contribution in [-0.2, 0) is 30.2 Å². The quantitative estimate of drug-likeness (QED) is 0.0464. The summed E-state index contributed by atoms with van der Waals surface area (Å²) < 4.78 is 23.6. The fraction of sp³-hybridized carbons (Fsp3) is 0.719. The molecule has 1 amide bonds. The number of nitrogens with zero attached hydrogens (tertiary/aromatic N) is 9. The molecular formula is C32H54N13O5+. The minimum absolute atomic E-state index is 0.0391. The van der Waals surface area contributed by atoms with Crippen LogP contribution in [0.25, 0.3) is 0 Å². The van der Waals surface area contributed by atoms with Crippen LogP contribution in [-0.4, -0.2) is 152 Å². The number of aromatic nitrogens is 6. The Morgan fingerprint density at radius 3 is 2.32 bits per heavy atom. The van der Waals surface area contributed by atoms with Gasteiger partial charge in [-0.05, 0) is 18.8 Å². The highest BCUT2D eigenvalue weighted by Crippen LogP contribution is 2.25. The van der Waals surface area contributed by atoms with E-state index in [4.69, 9.17) is 51.8 Å². The van der Waals surface area contributed by atoms with Gasteiger partial charge >= 0.3 is 5.96 Å². The summed E-state index contributed by atoms with van der Waals surface area (Å²) in [5.74, 6) is 4.37. The lowest BCUT2D eigenvalue weighted by molar-refractivity contribution is -0.459. The Balaban J connectivity index is 1.33. The van der Waals surface area contributed by atoms with E-state index >= 15 is 0 Å². The van der Waals surface area contributed by atoms with Gasteiger partial charge in [0.15, 0.2) is 0 Å². The topological polar surface area (TPSA) is 211 Å². The fourth-order valence-corrected chi connectivity index (χ4v) is 5.51. The molecule has 2 saturated heterocycles. The normalized spacial score (nSPS) is 16.1. The van der Waals surface area contributed by atoms with E-state index in [1.54, 1.807) is 4.68 Å². The minimum atomic E-state index is -0.443. The lowest BCUT2D eigenvalue weighted by Crippen LogP contribution is -2.78. The molecule has 2 atom stereocenters. The smallest absolute Gasteiger partial charge is 0.338 e. The Kier molecular flexibility index (Phi) is 16.2. The van der Waals surface area contributed by atoms with Crippen molar-refractivity contribution < 1.29 is 28.7 Å². The lowest BCUT2D eigenvalue weighted by atomic mass is 9.97. The number of hydrogen-bond donors (Lipinski definition) is 4.